The van der Waals surface area contributed by atoms with Crippen molar-refractivity contribution in [1.82, 2.24) is 10.3 Å². The van der Waals surface area contributed by atoms with Crippen molar-refractivity contribution in [1.29, 1.82) is 0 Å². The second-order valence-electron chi connectivity index (χ2n) is 4.29. The summed E-state index contributed by atoms with van der Waals surface area (Å²) in [6.45, 7) is 1.84. The van der Waals surface area contributed by atoms with Crippen LogP contribution in [0.4, 0.5) is 0 Å². The summed E-state index contributed by atoms with van der Waals surface area (Å²) in [5.41, 5.74) is 8.14. The number of hydrogen-bond acceptors (Lipinski definition) is 4. The van der Waals surface area contributed by atoms with Crippen LogP contribution in [0.15, 0.2) is 5.51 Å². The average Bonchev–Trinajstić information content (AvgIpc) is 2.86. The number of aromatic nitrogens is 1. The molecular formula is C11H15N3OS2. The summed E-state index contributed by atoms with van der Waals surface area (Å²) in [7, 11) is 0. The number of nitrogens with zero attached hydrogens (tertiary/aromatic N) is 1. The number of amides is 1. The molecule has 1 aliphatic rings. The van der Waals surface area contributed by atoms with Gasteiger partial charge in [0.15, 0.2) is 0 Å². The number of hydrogen-bond donors (Lipinski definition) is 2. The molecule has 17 heavy (non-hydrogen) atoms. The predicted octanol–water partition coefficient (Wildman–Crippen LogP) is 1.64. The third kappa shape index (κ3) is 2.63. The van der Waals surface area contributed by atoms with Crippen molar-refractivity contribution in [3.63, 3.8) is 0 Å². The van der Waals surface area contributed by atoms with Crippen molar-refractivity contribution in [3.05, 3.63) is 16.1 Å². The molecule has 0 saturated heterocycles. The van der Waals surface area contributed by atoms with Crippen LogP contribution in [0.25, 0.3) is 0 Å². The van der Waals surface area contributed by atoms with Crippen LogP contribution in [0.5, 0.6) is 0 Å². The summed E-state index contributed by atoms with van der Waals surface area (Å²) in [6, 6.07) is 0.0847. The molecule has 1 aromatic heterocycles. The molecule has 2 atom stereocenters. The zero-order valence-electron chi connectivity index (χ0n) is 9.60. The normalized spacial score (nSPS) is 23.6. The van der Waals surface area contributed by atoms with Gasteiger partial charge in [-0.15, -0.1) is 11.3 Å². The van der Waals surface area contributed by atoms with Crippen molar-refractivity contribution in [3.8, 4) is 0 Å². The molecule has 0 spiro atoms. The molecule has 1 amide bonds. The molecule has 0 bridgehead atoms. The molecule has 4 nitrogen and oxygen atoms in total. The molecule has 1 fully saturated rings. The number of carbonyl (C=O) groups is 1. The van der Waals surface area contributed by atoms with Crippen LogP contribution >= 0.6 is 23.6 Å². The molecule has 1 aliphatic carbocycles. The maximum absolute atomic E-state index is 12.0. The molecule has 1 heterocycles. The van der Waals surface area contributed by atoms with Crippen LogP contribution in [-0.2, 0) is 0 Å². The van der Waals surface area contributed by atoms with E-state index >= 15 is 0 Å². The first-order valence-corrected chi connectivity index (χ1v) is 6.88. The minimum Gasteiger partial charge on any atom is -0.393 e. The number of nitrogens with one attached hydrogen (secondary N) is 1. The van der Waals surface area contributed by atoms with Crippen molar-refractivity contribution in [2.24, 2.45) is 11.7 Å². The van der Waals surface area contributed by atoms with Crippen molar-refractivity contribution in [2.45, 2.75) is 32.2 Å². The molecule has 0 radical (unpaired) electrons. The minimum absolute atomic E-state index is 0.0573. The summed E-state index contributed by atoms with van der Waals surface area (Å²) < 4.78 is 0. The summed E-state index contributed by atoms with van der Waals surface area (Å²) in [6.07, 6.45) is 2.99. The van der Waals surface area contributed by atoms with Crippen molar-refractivity contribution >= 4 is 34.5 Å². The lowest BCUT2D eigenvalue weighted by molar-refractivity contribution is 0.0937. The van der Waals surface area contributed by atoms with Gasteiger partial charge in [0.05, 0.1) is 16.2 Å². The Balaban J connectivity index is 2.04. The highest BCUT2D eigenvalue weighted by Crippen LogP contribution is 2.26. The van der Waals surface area contributed by atoms with Gasteiger partial charge in [-0.05, 0) is 19.8 Å². The maximum Gasteiger partial charge on any atom is 0.263 e. The SMILES string of the molecule is Cc1ncsc1C(=O)NC1CCCC1C(N)=S. The van der Waals surface area contributed by atoms with Gasteiger partial charge in [-0.25, -0.2) is 4.98 Å². The molecule has 6 heteroatoms. The summed E-state index contributed by atoms with van der Waals surface area (Å²) >= 11 is 6.39. The first kappa shape index (κ1) is 12.4. The van der Waals surface area contributed by atoms with E-state index in [1.807, 2.05) is 6.92 Å². The van der Waals surface area contributed by atoms with E-state index in [1.165, 1.54) is 11.3 Å². The van der Waals surface area contributed by atoms with E-state index < -0.39 is 0 Å². The smallest absolute Gasteiger partial charge is 0.263 e. The van der Waals surface area contributed by atoms with Gasteiger partial charge in [-0.2, -0.15) is 0 Å². The first-order chi connectivity index (χ1) is 8.09. The monoisotopic (exact) mass is 269 g/mol. The fourth-order valence-electron chi connectivity index (χ4n) is 2.23. The van der Waals surface area contributed by atoms with Crippen LogP contribution in [-0.4, -0.2) is 21.9 Å². The van der Waals surface area contributed by atoms with Crippen LogP contribution in [0, 0.1) is 12.8 Å². The van der Waals surface area contributed by atoms with Gasteiger partial charge in [-0.3, -0.25) is 4.79 Å². The highest BCUT2D eigenvalue weighted by Gasteiger charge is 2.31. The molecule has 2 unspecified atom stereocenters. The second-order valence-corrected chi connectivity index (χ2v) is 5.61. The Morgan fingerprint density at radius 2 is 2.41 bits per heavy atom. The number of carbonyl (C=O) groups excluding carboxylic acids is 1. The van der Waals surface area contributed by atoms with Crippen LogP contribution in [0.3, 0.4) is 0 Å². The number of rotatable bonds is 3. The summed E-state index contributed by atoms with van der Waals surface area (Å²) in [4.78, 5) is 17.3. The fraction of sp³-hybridized carbons (Fsp3) is 0.545. The molecule has 3 N–H and O–H groups in total. The zero-order valence-corrected chi connectivity index (χ0v) is 11.2. The lowest BCUT2D eigenvalue weighted by Crippen LogP contribution is -2.41. The second kappa shape index (κ2) is 5.10. The van der Waals surface area contributed by atoms with Crippen LogP contribution < -0.4 is 11.1 Å². The highest BCUT2D eigenvalue weighted by molar-refractivity contribution is 7.80. The van der Waals surface area contributed by atoms with E-state index in [0.717, 1.165) is 25.0 Å². The number of thiocarbonyl (C=S) groups is 1. The fourth-order valence-corrected chi connectivity index (χ4v) is 3.21. The standard InChI is InChI=1S/C11H15N3OS2/c1-6-9(17-5-13-6)11(15)14-8-4-2-3-7(8)10(12)16/h5,7-8H,2-4H2,1H3,(H2,12,16)(H,14,15). The third-order valence-corrected chi connectivity index (χ3v) is 4.38. The van der Waals surface area contributed by atoms with Crippen molar-refractivity contribution < 1.29 is 4.79 Å². The Morgan fingerprint density at radius 3 is 3.00 bits per heavy atom. The topological polar surface area (TPSA) is 68.0 Å². The zero-order chi connectivity index (χ0) is 12.4. The Hall–Kier alpha value is -1.01. The molecule has 1 saturated carbocycles. The molecular weight excluding hydrogens is 254 g/mol. The number of thiazole rings is 1. The Kier molecular flexibility index (Phi) is 3.73. The lowest BCUT2D eigenvalue weighted by Gasteiger charge is -2.19. The highest BCUT2D eigenvalue weighted by atomic mass is 32.1. The number of nitrogens with two attached hydrogens (primary N) is 1. The van der Waals surface area contributed by atoms with E-state index in [4.69, 9.17) is 18.0 Å². The summed E-state index contributed by atoms with van der Waals surface area (Å²) in [5.74, 6) is 0.0836. The number of aryl methyl sites for hydroxylation is 1. The Bertz CT molecular complexity index is 444. The Labute approximate surface area is 110 Å². The van der Waals surface area contributed by atoms with Gasteiger partial charge < -0.3 is 11.1 Å². The maximum atomic E-state index is 12.0. The largest absolute Gasteiger partial charge is 0.393 e. The van der Waals surface area contributed by atoms with Gasteiger partial charge in [0, 0.05) is 12.0 Å². The molecule has 2 rings (SSSR count). The van der Waals surface area contributed by atoms with Gasteiger partial charge >= 0.3 is 0 Å². The molecule has 0 aliphatic heterocycles. The third-order valence-electron chi connectivity index (χ3n) is 3.15. The lowest BCUT2D eigenvalue weighted by atomic mass is 10.0. The van der Waals surface area contributed by atoms with E-state index in [0.29, 0.717) is 9.87 Å². The van der Waals surface area contributed by atoms with Gasteiger partial charge in [-0.1, -0.05) is 18.6 Å². The van der Waals surface area contributed by atoms with Crippen molar-refractivity contribution in [2.75, 3.05) is 0 Å². The average molecular weight is 269 g/mol. The van der Waals surface area contributed by atoms with E-state index in [2.05, 4.69) is 10.3 Å². The van der Waals surface area contributed by atoms with E-state index in [1.54, 1.807) is 5.51 Å². The molecule has 0 aromatic carbocycles. The van der Waals surface area contributed by atoms with Gasteiger partial charge in [0.25, 0.3) is 5.91 Å². The Morgan fingerprint density at radius 1 is 1.65 bits per heavy atom. The van der Waals surface area contributed by atoms with Crippen LogP contribution in [0.1, 0.15) is 34.6 Å². The van der Waals surface area contributed by atoms with Gasteiger partial charge in [0.1, 0.15) is 4.88 Å². The predicted molar refractivity (Wildman–Crippen MR) is 72.2 cm³/mol. The minimum atomic E-state index is -0.0573. The molecule has 1 aromatic rings. The summed E-state index contributed by atoms with van der Waals surface area (Å²) in [5, 5.41) is 3.02. The quantitative estimate of drug-likeness (QED) is 0.819. The van der Waals surface area contributed by atoms with E-state index in [9.17, 15) is 4.79 Å². The first-order valence-electron chi connectivity index (χ1n) is 5.60. The molecule has 92 valence electrons. The van der Waals surface area contributed by atoms with Crippen LogP contribution in [0.2, 0.25) is 0 Å². The van der Waals surface area contributed by atoms with E-state index in [-0.39, 0.29) is 17.9 Å². The van der Waals surface area contributed by atoms with Gasteiger partial charge in [0.2, 0.25) is 0 Å².